The lowest BCUT2D eigenvalue weighted by Crippen LogP contribution is -2.36. The molecule has 1 rings (SSSR count). The molecule has 2 N–H and O–H groups in total. The van der Waals surface area contributed by atoms with Gasteiger partial charge in [0.2, 0.25) is 0 Å². The number of hydrogen-bond acceptors (Lipinski definition) is 4. The Hall–Kier alpha value is -1.89. The zero-order valence-electron chi connectivity index (χ0n) is 12.2. The van der Waals surface area contributed by atoms with Gasteiger partial charge in [-0.05, 0) is 39.0 Å². The van der Waals surface area contributed by atoms with E-state index in [4.69, 9.17) is 5.11 Å². The quantitative estimate of drug-likeness (QED) is 0.854. The highest BCUT2D eigenvalue weighted by atomic mass is 32.2. The maximum atomic E-state index is 11.9. The first-order valence-corrected chi connectivity index (χ1v) is 8.04. The second kappa shape index (κ2) is 6.26. The van der Waals surface area contributed by atoms with Crippen molar-refractivity contribution in [2.75, 3.05) is 12.3 Å². The first kappa shape index (κ1) is 17.2. The smallest absolute Gasteiger partial charge is 0.335 e. The van der Waals surface area contributed by atoms with Gasteiger partial charge in [-0.2, -0.15) is 0 Å². The molecule has 0 saturated carbocycles. The maximum absolute atomic E-state index is 11.9. The second-order valence-electron chi connectivity index (χ2n) is 5.57. The molecular weight excluding hydrogens is 294 g/mol. The molecule has 0 unspecified atom stereocenters. The fourth-order valence-corrected chi connectivity index (χ4v) is 2.48. The molecule has 0 fully saturated rings. The van der Waals surface area contributed by atoms with Gasteiger partial charge in [-0.25, -0.2) is 13.2 Å². The number of rotatable bonds is 5. The van der Waals surface area contributed by atoms with Crippen LogP contribution >= 0.6 is 0 Å². The summed E-state index contributed by atoms with van der Waals surface area (Å²) in [7, 11) is -3.31. The van der Waals surface area contributed by atoms with Gasteiger partial charge in [-0.1, -0.05) is 6.07 Å². The molecule has 0 bridgehead atoms. The summed E-state index contributed by atoms with van der Waals surface area (Å²) >= 11 is 0. The monoisotopic (exact) mass is 313 g/mol. The Morgan fingerprint density at radius 2 is 1.76 bits per heavy atom. The number of sulfone groups is 1. The van der Waals surface area contributed by atoms with Crippen LogP contribution < -0.4 is 5.32 Å². The minimum absolute atomic E-state index is 0.00460. The number of carbonyl (C=O) groups is 2. The van der Waals surface area contributed by atoms with Gasteiger partial charge in [0, 0.05) is 12.1 Å². The summed E-state index contributed by atoms with van der Waals surface area (Å²) in [5, 5.41) is 11.3. The molecule has 0 spiro atoms. The van der Waals surface area contributed by atoms with Gasteiger partial charge in [0.25, 0.3) is 5.91 Å². The van der Waals surface area contributed by atoms with Gasteiger partial charge in [-0.3, -0.25) is 4.79 Å². The predicted octanol–water partition coefficient (Wildman–Crippen LogP) is 1.33. The number of benzene rings is 1. The van der Waals surface area contributed by atoms with Crippen LogP contribution in [0.4, 0.5) is 0 Å². The highest BCUT2D eigenvalue weighted by Crippen LogP contribution is 2.15. The number of carbonyl (C=O) groups excluding carboxylic acids is 1. The molecule has 1 aromatic carbocycles. The Balaban J connectivity index is 2.67. The number of carboxylic acid groups (broad SMARTS) is 1. The van der Waals surface area contributed by atoms with Crippen molar-refractivity contribution < 1.29 is 23.1 Å². The van der Waals surface area contributed by atoms with Crippen LogP contribution in [0, 0.1) is 0 Å². The van der Waals surface area contributed by atoms with E-state index in [2.05, 4.69) is 5.32 Å². The molecule has 0 aromatic heterocycles. The van der Waals surface area contributed by atoms with E-state index in [1.807, 2.05) is 0 Å². The average Bonchev–Trinajstić information content (AvgIpc) is 2.37. The van der Waals surface area contributed by atoms with Crippen molar-refractivity contribution in [2.45, 2.75) is 25.5 Å². The van der Waals surface area contributed by atoms with Crippen molar-refractivity contribution in [1.29, 1.82) is 0 Å². The standard InChI is InChI=1S/C14H19NO5S/c1-14(2,3)21(19,20)8-7-15-12(16)10-5-4-6-11(9-10)13(17)18/h4-6,9H,7-8H2,1-3H3,(H,15,16)(H,17,18). The van der Waals surface area contributed by atoms with Crippen LogP contribution in [0.25, 0.3) is 0 Å². The molecule has 7 heteroatoms. The largest absolute Gasteiger partial charge is 0.478 e. The van der Waals surface area contributed by atoms with Crippen molar-refractivity contribution in [2.24, 2.45) is 0 Å². The fraction of sp³-hybridized carbons (Fsp3) is 0.429. The van der Waals surface area contributed by atoms with Crippen LogP contribution in [0.15, 0.2) is 24.3 Å². The fourth-order valence-electron chi connectivity index (χ4n) is 1.50. The minimum atomic E-state index is -3.31. The van der Waals surface area contributed by atoms with Crippen molar-refractivity contribution >= 4 is 21.7 Å². The molecule has 0 aliphatic rings. The Kier molecular flexibility index (Phi) is 5.11. The first-order chi connectivity index (χ1) is 9.54. The van der Waals surface area contributed by atoms with Crippen LogP contribution in [0.3, 0.4) is 0 Å². The topological polar surface area (TPSA) is 101 Å². The van der Waals surface area contributed by atoms with Crippen LogP contribution in [0.1, 0.15) is 41.5 Å². The van der Waals surface area contributed by atoms with Crippen molar-refractivity contribution in [1.82, 2.24) is 5.32 Å². The zero-order valence-corrected chi connectivity index (χ0v) is 13.0. The Morgan fingerprint density at radius 3 is 2.29 bits per heavy atom. The van der Waals surface area contributed by atoms with E-state index in [9.17, 15) is 18.0 Å². The molecule has 0 saturated heterocycles. The van der Waals surface area contributed by atoms with Gasteiger partial charge < -0.3 is 10.4 Å². The van der Waals surface area contributed by atoms with Crippen LogP contribution in [0.2, 0.25) is 0 Å². The highest BCUT2D eigenvalue weighted by molar-refractivity contribution is 7.92. The van der Waals surface area contributed by atoms with E-state index in [1.165, 1.54) is 24.3 Å². The summed E-state index contributed by atoms with van der Waals surface area (Å²) in [4.78, 5) is 22.7. The lowest BCUT2D eigenvalue weighted by atomic mass is 10.1. The molecule has 0 radical (unpaired) electrons. The summed E-state index contributed by atoms with van der Waals surface area (Å²) in [6.07, 6.45) is 0. The zero-order chi connectivity index (χ0) is 16.3. The maximum Gasteiger partial charge on any atom is 0.335 e. The summed E-state index contributed by atoms with van der Waals surface area (Å²) in [6.45, 7) is 4.77. The number of aromatic carboxylic acids is 1. The lowest BCUT2D eigenvalue weighted by Gasteiger charge is -2.19. The summed E-state index contributed by atoms with van der Waals surface area (Å²) in [6, 6.07) is 5.56. The SMILES string of the molecule is CC(C)(C)S(=O)(=O)CCNC(=O)c1cccc(C(=O)O)c1. The van der Waals surface area contributed by atoms with Gasteiger partial charge >= 0.3 is 5.97 Å². The van der Waals surface area contributed by atoms with E-state index in [1.54, 1.807) is 20.8 Å². The third-order valence-electron chi connectivity index (χ3n) is 2.96. The molecule has 6 nitrogen and oxygen atoms in total. The molecule has 21 heavy (non-hydrogen) atoms. The molecular formula is C14H19NO5S. The van der Waals surface area contributed by atoms with Crippen molar-refractivity contribution in [3.63, 3.8) is 0 Å². The number of carboxylic acids is 1. The number of hydrogen-bond donors (Lipinski definition) is 2. The summed E-state index contributed by atoms with van der Waals surface area (Å²) in [5.74, 6) is -1.79. The van der Waals surface area contributed by atoms with Gasteiger partial charge in [0.05, 0.1) is 16.1 Å². The Bertz CT molecular complexity index is 644. The van der Waals surface area contributed by atoms with E-state index in [0.29, 0.717) is 0 Å². The number of nitrogens with one attached hydrogen (secondary N) is 1. The summed E-state index contributed by atoms with van der Waals surface area (Å²) < 4.78 is 22.9. The van der Waals surface area contributed by atoms with Gasteiger partial charge in [0.15, 0.2) is 9.84 Å². The first-order valence-electron chi connectivity index (χ1n) is 6.38. The normalized spacial score (nSPS) is 12.0. The van der Waals surface area contributed by atoms with E-state index >= 15 is 0 Å². The number of amides is 1. The highest BCUT2D eigenvalue weighted by Gasteiger charge is 2.28. The molecule has 116 valence electrons. The molecule has 0 aliphatic heterocycles. The Morgan fingerprint density at radius 1 is 1.19 bits per heavy atom. The summed E-state index contributed by atoms with van der Waals surface area (Å²) in [5.41, 5.74) is 0.188. The van der Waals surface area contributed by atoms with Crippen LogP contribution in [-0.2, 0) is 9.84 Å². The van der Waals surface area contributed by atoms with Crippen molar-refractivity contribution in [3.05, 3.63) is 35.4 Å². The molecule has 1 amide bonds. The third kappa shape index (κ3) is 4.56. The Labute approximate surface area is 124 Å². The third-order valence-corrected chi connectivity index (χ3v) is 5.57. The van der Waals surface area contributed by atoms with Crippen LogP contribution in [0.5, 0.6) is 0 Å². The lowest BCUT2D eigenvalue weighted by molar-refractivity contribution is 0.0697. The molecule has 0 heterocycles. The van der Waals surface area contributed by atoms with Crippen molar-refractivity contribution in [3.8, 4) is 0 Å². The second-order valence-corrected chi connectivity index (χ2v) is 8.44. The van der Waals surface area contributed by atoms with E-state index in [-0.39, 0.29) is 23.4 Å². The van der Waals surface area contributed by atoms with E-state index in [0.717, 1.165) is 0 Å². The van der Waals surface area contributed by atoms with E-state index < -0.39 is 26.5 Å². The average molecular weight is 313 g/mol. The van der Waals surface area contributed by atoms with Gasteiger partial charge in [0.1, 0.15) is 0 Å². The molecule has 0 aliphatic carbocycles. The molecule has 1 aromatic rings. The predicted molar refractivity (Wildman–Crippen MR) is 79.3 cm³/mol. The minimum Gasteiger partial charge on any atom is -0.478 e. The van der Waals surface area contributed by atoms with Crippen LogP contribution in [-0.4, -0.2) is 42.4 Å². The molecule has 0 atom stereocenters. The van der Waals surface area contributed by atoms with Gasteiger partial charge in [-0.15, -0.1) is 0 Å².